The molecular formula is C10H24N2O4S. The molecule has 6 nitrogen and oxygen atoms in total. The maximum atomic E-state index is 12.0. The molecule has 0 spiro atoms. The lowest BCUT2D eigenvalue weighted by atomic mass is 10.4. The van der Waals surface area contributed by atoms with Crippen molar-refractivity contribution in [3.05, 3.63) is 0 Å². The molecule has 0 rings (SSSR count). The van der Waals surface area contributed by atoms with Crippen LogP contribution in [0.25, 0.3) is 0 Å². The molecule has 0 aromatic rings. The average Bonchev–Trinajstić information content (AvgIpc) is 2.29. The summed E-state index contributed by atoms with van der Waals surface area (Å²) in [6.07, 6.45) is 1.16. The van der Waals surface area contributed by atoms with Crippen molar-refractivity contribution in [2.75, 3.05) is 52.8 Å². The standard InChI is InChI=1S/C10H24N2O4S/c1-15-8-4-10-17(13,14)12(6-3-5-11)7-9-16-2/h3-11H2,1-2H3. The number of hydrogen-bond acceptors (Lipinski definition) is 5. The summed E-state index contributed by atoms with van der Waals surface area (Å²) >= 11 is 0. The van der Waals surface area contributed by atoms with Gasteiger partial charge in [-0.05, 0) is 19.4 Å². The van der Waals surface area contributed by atoms with Gasteiger partial charge in [-0.15, -0.1) is 0 Å². The average molecular weight is 268 g/mol. The van der Waals surface area contributed by atoms with Crippen LogP contribution in [0.5, 0.6) is 0 Å². The van der Waals surface area contributed by atoms with Gasteiger partial charge in [0.1, 0.15) is 0 Å². The Morgan fingerprint density at radius 3 is 2.24 bits per heavy atom. The summed E-state index contributed by atoms with van der Waals surface area (Å²) in [4.78, 5) is 0. The minimum Gasteiger partial charge on any atom is -0.385 e. The third kappa shape index (κ3) is 7.67. The molecule has 0 aliphatic carbocycles. The molecule has 0 heterocycles. The molecule has 17 heavy (non-hydrogen) atoms. The van der Waals surface area contributed by atoms with Crippen LogP contribution in [-0.2, 0) is 19.5 Å². The number of nitrogens with two attached hydrogens (primary N) is 1. The summed E-state index contributed by atoms with van der Waals surface area (Å²) in [5, 5.41) is 0. The lowest BCUT2D eigenvalue weighted by Gasteiger charge is -2.21. The fourth-order valence-electron chi connectivity index (χ4n) is 1.37. The van der Waals surface area contributed by atoms with Gasteiger partial charge in [0.2, 0.25) is 10.0 Å². The largest absolute Gasteiger partial charge is 0.385 e. The first-order chi connectivity index (χ1) is 8.08. The predicted molar refractivity (Wildman–Crippen MR) is 67.4 cm³/mol. The van der Waals surface area contributed by atoms with Crippen molar-refractivity contribution in [3.63, 3.8) is 0 Å². The maximum Gasteiger partial charge on any atom is 0.214 e. The first-order valence-electron chi connectivity index (χ1n) is 5.74. The van der Waals surface area contributed by atoms with E-state index in [0.717, 1.165) is 0 Å². The number of rotatable bonds is 11. The first kappa shape index (κ1) is 16.8. The van der Waals surface area contributed by atoms with E-state index in [1.807, 2.05) is 0 Å². The van der Waals surface area contributed by atoms with Gasteiger partial charge < -0.3 is 15.2 Å². The Morgan fingerprint density at radius 2 is 1.71 bits per heavy atom. The van der Waals surface area contributed by atoms with E-state index in [9.17, 15) is 8.42 Å². The summed E-state index contributed by atoms with van der Waals surface area (Å²) in [5.41, 5.74) is 5.40. The Labute approximate surface area is 104 Å². The molecule has 0 fully saturated rings. The summed E-state index contributed by atoms with van der Waals surface area (Å²) in [5.74, 6) is 0.106. The summed E-state index contributed by atoms with van der Waals surface area (Å²) in [7, 11) is -0.108. The van der Waals surface area contributed by atoms with E-state index in [0.29, 0.717) is 45.7 Å². The SMILES string of the molecule is COCCCS(=O)(=O)N(CCCN)CCOC. The molecule has 0 aliphatic rings. The molecule has 2 N–H and O–H groups in total. The van der Waals surface area contributed by atoms with E-state index in [2.05, 4.69) is 0 Å². The second-order valence-corrected chi connectivity index (χ2v) is 5.78. The van der Waals surface area contributed by atoms with Gasteiger partial charge in [0.05, 0.1) is 12.4 Å². The number of hydrogen-bond donors (Lipinski definition) is 1. The lowest BCUT2D eigenvalue weighted by Crippen LogP contribution is -2.37. The van der Waals surface area contributed by atoms with Crippen molar-refractivity contribution >= 4 is 10.0 Å². The first-order valence-corrected chi connectivity index (χ1v) is 7.35. The van der Waals surface area contributed by atoms with E-state index < -0.39 is 10.0 Å². The number of nitrogens with zero attached hydrogens (tertiary/aromatic N) is 1. The molecule has 0 atom stereocenters. The van der Waals surface area contributed by atoms with Crippen LogP contribution in [0.4, 0.5) is 0 Å². The van der Waals surface area contributed by atoms with Crippen LogP contribution in [0, 0.1) is 0 Å². The fourth-order valence-corrected chi connectivity index (χ4v) is 2.87. The molecule has 0 aromatic heterocycles. The molecule has 7 heteroatoms. The second kappa shape index (κ2) is 9.78. The van der Waals surface area contributed by atoms with Crippen molar-refractivity contribution in [3.8, 4) is 0 Å². The Kier molecular flexibility index (Phi) is 9.66. The second-order valence-electron chi connectivity index (χ2n) is 3.70. The molecule has 0 unspecified atom stereocenters. The summed E-state index contributed by atoms with van der Waals surface area (Å²) in [6.45, 7) is 2.17. The molecule has 0 aliphatic heterocycles. The Balaban J connectivity index is 4.30. The van der Waals surface area contributed by atoms with E-state index in [1.165, 1.54) is 4.31 Å². The van der Waals surface area contributed by atoms with Gasteiger partial charge in [-0.1, -0.05) is 0 Å². The van der Waals surface area contributed by atoms with E-state index in [4.69, 9.17) is 15.2 Å². The van der Waals surface area contributed by atoms with Crippen LogP contribution in [0.3, 0.4) is 0 Å². The quantitative estimate of drug-likeness (QED) is 0.518. The van der Waals surface area contributed by atoms with Crippen molar-refractivity contribution in [1.29, 1.82) is 0 Å². The predicted octanol–water partition coefficient (Wildman–Crippen LogP) is -0.350. The van der Waals surface area contributed by atoms with Gasteiger partial charge in [0.15, 0.2) is 0 Å². The molecule has 0 aromatic carbocycles. The topological polar surface area (TPSA) is 81.9 Å². The van der Waals surface area contributed by atoms with Crippen molar-refractivity contribution in [1.82, 2.24) is 4.31 Å². The highest BCUT2D eigenvalue weighted by atomic mass is 32.2. The highest BCUT2D eigenvalue weighted by Gasteiger charge is 2.20. The van der Waals surface area contributed by atoms with Gasteiger partial charge >= 0.3 is 0 Å². The summed E-state index contributed by atoms with van der Waals surface area (Å²) < 4.78 is 35.2. The van der Waals surface area contributed by atoms with E-state index in [-0.39, 0.29) is 5.75 Å². The third-order valence-corrected chi connectivity index (χ3v) is 4.26. The minimum absolute atomic E-state index is 0.106. The molecule has 0 amide bonds. The van der Waals surface area contributed by atoms with E-state index in [1.54, 1.807) is 14.2 Å². The van der Waals surface area contributed by atoms with Crippen molar-refractivity contribution in [2.45, 2.75) is 12.8 Å². The van der Waals surface area contributed by atoms with Crippen LogP contribution in [-0.4, -0.2) is 65.5 Å². The van der Waals surface area contributed by atoms with Gasteiger partial charge in [0.25, 0.3) is 0 Å². The highest BCUT2D eigenvalue weighted by Crippen LogP contribution is 2.04. The van der Waals surface area contributed by atoms with Crippen LogP contribution < -0.4 is 5.73 Å². The van der Waals surface area contributed by atoms with Crippen molar-refractivity contribution < 1.29 is 17.9 Å². The number of sulfonamides is 1. The zero-order valence-electron chi connectivity index (χ0n) is 10.7. The monoisotopic (exact) mass is 268 g/mol. The zero-order chi connectivity index (χ0) is 13.1. The molecule has 0 saturated carbocycles. The Bertz CT molecular complexity index is 261. The number of ether oxygens (including phenoxy) is 2. The van der Waals surface area contributed by atoms with Crippen LogP contribution in [0.2, 0.25) is 0 Å². The normalized spacial score (nSPS) is 12.2. The molecule has 0 saturated heterocycles. The number of methoxy groups -OCH3 is 2. The molecule has 104 valence electrons. The van der Waals surface area contributed by atoms with Crippen LogP contribution >= 0.6 is 0 Å². The van der Waals surface area contributed by atoms with Crippen LogP contribution in [0.15, 0.2) is 0 Å². The molecule has 0 radical (unpaired) electrons. The Morgan fingerprint density at radius 1 is 1.06 bits per heavy atom. The van der Waals surface area contributed by atoms with Crippen LogP contribution in [0.1, 0.15) is 12.8 Å². The van der Waals surface area contributed by atoms with Crippen molar-refractivity contribution in [2.24, 2.45) is 5.73 Å². The molecular weight excluding hydrogens is 244 g/mol. The highest BCUT2D eigenvalue weighted by molar-refractivity contribution is 7.89. The van der Waals surface area contributed by atoms with Gasteiger partial charge in [-0.25, -0.2) is 8.42 Å². The van der Waals surface area contributed by atoms with Gasteiger partial charge in [-0.3, -0.25) is 0 Å². The summed E-state index contributed by atoms with van der Waals surface area (Å²) in [6, 6.07) is 0. The minimum atomic E-state index is -3.22. The molecule has 0 bridgehead atoms. The fraction of sp³-hybridized carbons (Fsp3) is 1.00. The third-order valence-electron chi connectivity index (χ3n) is 2.30. The Hall–Kier alpha value is -0.210. The van der Waals surface area contributed by atoms with E-state index >= 15 is 0 Å². The zero-order valence-corrected chi connectivity index (χ0v) is 11.5. The smallest absolute Gasteiger partial charge is 0.214 e. The maximum absolute atomic E-state index is 12.0. The van der Waals surface area contributed by atoms with Gasteiger partial charge in [-0.2, -0.15) is 4.31 Å². The van der Waals surface area contributed by atoms with Gasteiger partial charge in [0, 0.05) is 33.9 Å². The lowest BCUT2D eigenvalue weighted by molar-refractivity contribution is 0.178.